The van der Waals surface area contributed by atoms with Crippen LogP contribution < -0.4 is 14.8 Å². The Bertz CT molecular complexity index is 416. The van der Waals surface area contributed by atoms with Crippen LogP contribution >= 0.6 is 0 Å². The normalized spacial score (nSPS) is 23.5. The highest BCUT2D eigenvalue weighted by Gasteiger charge is 2.25. The zero-order valence-electron chi connectivity index (χ0n) is 9.67. The van der Waals surface area contributed by atoms with E-state index in [2.05, 4.69) is 5.32 Å². The second kappa shape index (κ2) is 4.53. The molecule has 2 heterocycles. The average Bonchev–Trinajstić information content (AvgIpc) is 2.41. The van der Waals surface area contributed by atoms with Gasteiger partial charge in [-0.25, -0.2) is 4.39 Å². The minimum absolute atomic E-state index is 0.264. The first-order valence-corrected chi connectivity index (χ1v) is 6.17. The van der Waals surface area contributed by atoms with Crippen molar-refractivity contribution in [3.8, 4) is 11.5 Å². The lowest BCUT2D eigenvalue weighted by Crippen LogP contribution is -2.28. The SMILES string of the molecule is Fc1ccc(C2CCCCN2)c2c1OCCO2. The summed E-state index contributed by atoms with van der Waals surface area (Å²) in [6, 6.07) is 3.55. The van der Waals surface area contributed by atoms with E-state index in [1.165, 1.54) is 18.9 Å². The van der Waals surface area contributed by atoms with Gasteiger partial charge in [0.05, 0.1) is 0 Å². The lowest BCUT2D eigenvalue weighted by Gasteiger charge is -2.28. The van der Waals surface area contributed by atoms with E-state index in [-0.39, 0.29) is 17.6 Å². The minimum Gasteiger partial charge on any atom is -0.486 e. The van der Waals surface area contributed by atoms with E-state index in [4.69, 9.17) is 9.47 Å². The van der Waals surface area contributed by atoms with Crippen LogP contribution in [0.15, 0.2) is 12.1 Å². The van der Waals surface area contributed by atoms with Crippen LogP contribution in [-0.4, -0.2) is 19.8 Å². The number of benzene rings is 1. The maximum atomic E-state index is 13.6. The van der Waals surface area contributed by atoms with Gasteiger partial charge in [0, 0.05) is 11.6 Å². The fraction of sp³-hybridized carbons (Fsp3) is 0.538. The van der Waals surface area contributed by atoms with Crippen LogP contribution in [0.4, 0.5) is 4.39 Å². The molecule has 4 heteroatoms. The molecule has 2 aliphatic heterocycles. The highest BCUT2D eigenvalue weighted by molar-refractivity contribution is 5.50. The molecular formula is C13H16FNO2. The van der Waals surface area contributed by atoms with Crippen molar-refractivity contribution in [3.05, 3.63) is 23.5 Å². The Kier molecular flexibility index (Phi) is 2.89. The van der Waals surface area contributed by atoms with Crippen molar-refractivity contribution in [2.24, 2.45) is 0 Å². The molecule has 0 spiro atoms. The minimum atomic E-state index is -0.334. The van der Waals surface area contributed by atoms with E-state index in [0.717, 1.165) is 18.5 Å². The lowest BCUT2D eigenvalue weighted by molar-refractivity contribution is 0.161. The van der Waals surface area contributed by atoms with Gasteiger partial charge in [-0.05, 0) is 25.5 Å². The highest BCUT2D eigenvalue weighted by atomic mass is 19.1. The van der Waals surface area contributed by atoms with Crippen LogP contribution in [0.3, 0.4) is 0 Å². The molecule has 0 amide bonds. The van der Waals surface area contributed by atoms with E-state index in [1.807, 2.05) is 6.07 Å². The fourth-order valence-electron chi connectivity index (χ4n) is 2.52. The van der Waals surface area contributed by atoms with E-state index in [1.54, 1.807) is 0 Å². The molecular weight excluding hydrogens is 221 g/mol. The summed E-state index contributed by atoms with van der Waals surface area (Å²) >= 11 is 0. The van der Waals surface area contributed by atoms with Gasteiger partial charge < -0.3 is 14.8 Å². The van der Waals surface area contributed by atoms with Crippen LogP contribution in [0.5, 0.6) is 11.5 Å². The van der Waals surface area contributed by atoms with E-state index < -0.39 is 0 Å². The van der Waals surface area contributed by atoms with Crippen LogP contribution in [-0.2, 0) is 0 Å². The summed E-state index contributed by atoms with van der Waals surface area (Å²) in [5, 5.41) is 3.45. The lowest BCUT2D eigenvalue weighted by atomic mass is 9.96. The van der Waals surface area contributed by atoms with Gasteiger partial charge in [0.15, 0.2) is 17.3 Å². The molecule has 1 fully saturated rings. The number of rotatable bonds is 1. The van der Waals surface area contributed by atoms with Crippen molar-refractivity contribution in [1.82, 2.24) is 5.32 Å². The van der Waals surface area contributed by atoms with Gasteiger partial charge in [-0.15, -0.1) is 0 Å². The Morgan fingerprint density at radius 2 is 1.94 bits per heavy atom. The Hall–Kier alpha value is -1.29. The van der Waals surface area contributed by atoms with E-state index in [0.29, 0.717) is 19.0 Å². The average molecular weight is 237 g/mol. The zero-order valence-corrected chi connectivity index (χ0v) is 9.67. The molecule has 0 saturated carbocycles. The summed E-state index contributed by atoms with van der Waals surface area (Å²) in [5.74, 6) is 0.538. The third-order valence-electron chi connectivity index (χ3n) is 3.36. The Labute approximate surface area is 99.9 Å². The molecule has 1 atom stereocenters. The monoisotopic (exact) mass is 237 g/mol. The number of halogens is 1. The maximum Gasteiger partial charge on any atom is 0.197 e. The van der Waals surface area contributed by atoms with Crippen LogP contribution in [0.2, 0.25) is 0 Å². The second-order valence-corrected chi connectivity index (χ2v) is 4.49. The number of hydrogen-bond donors (Lipinski definition) is 1. The Morgan fingerprint density at radius 3 is 2.71 bits per heavy atom. The molecule has 1 saturated heterocycles. The van der Waals surface area contributed by atoms with Crippen LogP contribution in [0, 0.1) is 5.82 Å². The number of fused-ring (bicyclic) bond motifs is 1. The third-order valence-corrected chi connectivity index (χ3v) is 3.36. The molecule has 17 heavy (non-hydrogen) atoms. The van der Waals surface area contributed by atoms with Gasteiger partial charge >= 0.3 is 0 Å². The first kappa shape index (κ1) is 10.8. The summed E-state index contributed by atoms with van der Waals surface area (Å²) in [6.07, 6.45) is 3.48. The fourth-order valence-corrected chi connectivity index (χ4v) is 2.52. The maximum absolute atomic E-state index is 13.6. The zero-order chi connectivity index (χ0) is 11.7. The molecule has 2 aliphatic rings. The molecule has 1 unspecified atom stereocenters. The quantitative estimate of drug-likeness (QED) is 0.813. The first-order valence-electron chi connectivity index (χ1n) is 6.17. The van der Waals surface area contributed by atoms with Gasteiger partial charge in [-0.1, -0.05) is 12.5 Å². The summed E-state index contributed by atoms with van der Waals surface area (Å²) < 4.78 is 24.5. The van der Waals surface area contributed by atoms with Gasteiger partial charge in [-0.3, -0.25) is 0 Å². The molecule has 0 aromatic heterocycles. The van der Waals surface area contributed by atoms with E-state index in [9.17, 15) is 4.39 Å². The highest BCUT2D eigenvalue weighted by Crippen LogP contribution is 2.40. The summed E-state index contributed by atoms with van der Waals surface area (Å²) in [6.45, 7) is 1.93. The number of hydrogen-bond acceptors (Lipinski definition) is 3. The van der Waals surface area contributed by atoms with Crippen molar-refractivity contribution >= 4 is 0 Å². The topological polar surface area (TPSA) is 30.5 Å². The van der Waals surface area contributed by atoms with Gasteiger partial charge in [0.2, 0.25) is 0 Å². The predicted octanol–water partition coefficient (Wildman–Crippen LogP) is 2.41. The predicted molar refractivity (Wildman–Crippen MR) is 62.0 cm³/mol. The van der Waals surface area contributed by atoms with Gasteiger partial charge in [0.1, 0.15) is 13.2 Å². The Morgan fingerprint density at radius 1 is 1.12 bits per heavy atom. The van der Waals surface area contributed by atoms with Crippen molar-refractivity contribution in [3.63, 3.8) is 0 Å². The molecule has 3 rings (SSSR count). The summed E-state index contributed by atoms with van der Waals surface area (Å²) in [5.41, 5.74) is 1.03. The largest absolute Gasteiger partial charge is 0.486 e. The van der Waals surface area contributed by atoms with Crippen LogP contribution in [0.1, 0.15) is 30.9 Å². The molecule has 0 aliphatic carbocycles. The van der Waals surface area contributed by atoms with Crippen molar-refractivity contribution in [2.75, 3.05) is 19.8 Å². The molecule has 0 radical (unpaired) electrons. The van der Waals surface area contributed by atoms with Crippen molar-refractivity contribution < 1.29 is 13.9 Å². The van der Waals surface area contributed by atoms with Gasteiger partial charge in [-0.2, -0.15) is 0 Å². The molecule has 1 aromatic rings. The number of nitrogens with one attached hydrogen (secondary N) is 1. The molecule has 1 aromatic carbocycles. The number of piperidine rings is 1. The second-order valence-electron chi connectivity index (χ2n) is 4.49. The smallest absolute Gasteiger partial charge is 0.197 e. The Balaban J connectivity index is 1.98. The number of ether oxygens (including phenoxy) is 2. The first-order chi connectivity index (χ1) is 8.36. The van der Waals surface area contributed by atoms with Crippen molar-refractivity contribution in [1.29, 1.82) is 0 Å². The third kappa shape index (κ3) is 1.97. The summed E-state index contributed by atoms with van der Waals surface area (Å²) in [7, 11) is 0. The van der Waals surface area contributed by atoms with Crippen LogP contribution in [0.25, 0.3) is 0 Å². The summed E-state index contributed by atoms with van der Waals surface area (Å²) in [4.78, 5) is 0. The molecule has 0 bridgehead atoms. The van der Waals surface area contributed by atoms with E-state index >= 15 is 0 Å². The molecule has 1 N–H and O–H groups in total. The van der Waals surface area contributed by atoms with Gasteiger partial charge in [0.25, 0.3) is 0 Å². The standard InChI is InChI=1S/C13H16FNO2/c14-10-5-4-9(11-3-1-2-6-15-11)12-13(10)17-8-7-16-12/h4-5,11,15H,1-3,6-8H2. The molecule has 3 nitrogen and oxygen atoms in total. The van der Waals surface area contributed by atoms with Crippen molar-refractivity contribution in [2.45, 2.75) is 25.3 Å². The molecule has 92 valence electrons.